The standard InChI is InChI=1S/C16H32O11P2/c1-7-21-13(17)15(28(19,23-9-3)24-10-4)27-16(14(18)22-8-2)29(20,25-11-5)26-12-6/h15-16H,7-12H2,1-6H3. The van der Waals surface area contributed by atoms with Crippen molar-refractivity contribution < 1.29 is 51.0 Å². The van der Waals surface area contributed by atoms with Crippen LogP contribution in [-0.2, 0) is 51.0 Å². The monoisotopic (exact) mass is 462 g/mol. The van der Waals surface area contributed by atoms with Crippen molar-refractivity contribution in [1.29, 1.82) is 0 Å². The first-order valence-electron chi connectivity index (χ1n) is 9.45. The summed E-state index contributed by atoms with van der Waals surface area (Å²) >= 11 is 0. The van der Waals surface area contributed by atoms with E-state index in [4.69, 9.17) is 32.3 Å². The van der Waals surface area contributed by atoms with Crippen LogP contribution in [0, 0.1) is 0 Å². The summed E-state index contributed by atoms with van der Waals surface area (Å²) in [5.41, 5.74) is 0. The van der Waals surface area contributed by atoms with Crippen LogP contribution in [0.15, 0.2) is 0 Å². The number of esters is 2. The third kappa shape index (κ3) is 8.45. The van der Waals surface area contributed by atoms with E-state index in [0.717, 1.165) is 0 Å². The van der Waals surface area contributed by atoms with E-state index in [1.54, 1.807) is 0 Å². The highest BCUT2D eigenvalue weighted by Gasteiger charge is 2.52. The first-order chi connectivity index (χ1) is 13.7. The van der Waals surface area contributed by atoms with Crippen LogP contribution in [0.4, 0.5) is 0 Å². The molecule has 0 aromatic rings. The zero-order chi connectivity index (χ0) is 22.5. The average molecular weight is 462 g/mol. The van der Waals surface area contributed by atoms with Crippen molar-refractivity contribution in [3.63, 3.8) is 0 Å². The molecule has 2 atom stereocenters. The molecule has 13 heteroatoms. The minimum atomic E-state index is -4.27. The average Bonchev–Trinajstić information content (AvgIpc) is 2.63. The molecule has 2 unspecified atom stereocenters. The number of ether oxygens (including phenoxy) is 3. The zero-order valence-electron chi connectivity index (χ0n) is 17.8. The predicted octanol–water partition coefficient (Wildman–Crippen LogP) is 3.31. The molecule has 0 aliphatic carbocycles. The summed E-state index contributed by atoms with van der Waals surface area (Å²) in [7, 11) is -8.54. The van der Waals surface area contributed by atoms with E-state index < -0.39 is 38.8 Å². The van der Waals surface area contributed by atoms with E-state index in [2.05, 4.69) is 0 Å². The minimum absolute atomic E-state index is 0.0738. The van der Waals surface area contributed by atoms with Gasteiger partial charge in [0.1, 0.15) is 0 Å². The normalized spacial score (nSPS) is 14.3. The second-order valence-corrected chi connectivity index (χ2v) is 9.23. The third-order valence-corrected chi connectivity index (χ3v) is 7.33. The molecule has 0 radical (unpaired) electrons. The summed E-state index contributed by atoms with van der Waals surface area (Å²) in [6.45, 7) is 8.67. The van der Waals surface area contributed by atoms with E-state index >= 15 is 0 Å². The highest BCUT2D eigenvalue weighted by molar-refractivity contribution is 7.56. The summed E-state index contributed by atoms with van der Waals surface area (Å²) in [5, 5.41) is 0. The largest absolute Gasteiger partial charge is 0.464 e. The second kappa shape index (κ2) is 14.2. The lowest BCUT2D eigenvalue weighted by atomic mass is 10.6. The fourth-order valence-corrected chi connectivity index (χ4v) is 5.57. The van der Waals surface area contributed by atoms with Crippen molar-refractivity contribution in [3.8, 4) is 0 Å². The van der Waals surface area contributed by atoms with Gasteiger partial charge in [-0.3, -0.25) is 9.13 Å². The van der Waals surface area contributed by atoms with Gasteiger partial charge >= 0.3 is 27.1 Å². The van der Waals surface area contributed by atoms with Crippen LogP contribution < -0.4 is 0 Å². The van der Waals surface area contributed by atoms with Gasteiger partial charge in [-0.2, -0.15) is 0 Å². The zero-order valence-corrected chi connectivity index (χ0v) is 19.6. The van der Waals surface area contributed by atoms with Crippen LogP contribution in [0.5, 0.6) is 0 Å². The lowest BCUT2D eigenvalue weighted by Crippen LogP contribution is -2.37. The molecule has 0 aromatic heterocycles. The Labute approximate surface area is 171 Å². The number of carbonyl (C=O) groups is 2. The second-order valence-electron chi connectivity index (χ2n) is 5.10. The molecule has 0 rings (SSSR count). The molecule has 0 bridgehead atoms. The maximum atomic E-state index is 13.2. The Bertz CT molecular complexity index is 525. The van der Waals surface area contributed by atoms with E-state index in [1.165, 1.54) is 41.5 Å². The first-order valence-corrected chi connectivity index (χ1v) is 12.7. The van der Waals surface area contributed by atoms with Gasteiger partial charge in [0.2, 0.25) is 0 Å². The molecule has 0 spiro atoms. The maximum Gasteiger partial charge on any atom is 0.370 e. The van der Waals surface area contributed by atoms with E-state index in [0.29, 0.717) is 0 Å². The number of hydrogen-bond donors (Lipinski definition) is 0. The Morgan fingerprint density at radius 3 is 1.07 bits per heavy atom. The van der Waals surface area contributed by atoms with Crippen LogP contribution >= 0.6 is 15.2 Å². The van der Waals surface area contributed by atoms with Gasteiger partial charge in [0.25, 0.3) is 11.7 Å². The molecule has 0 N–H and O–H groups in total. The van der Waals surface area contributed by atoms with Gasteiger partial charge in [-0.1, -0.05) is 0 Å². The topological polar surface area (TPSA) is 133 Å². The van der Waals surface area contributed by atoms with Gasteiger partial charge in [-0.15, -0.1) is 0 Å². The Balaban J connectivity index is 6.27. The SMILES string of the molecule is CCOC(=O)C(OC(C(=O)OCC)P(=O)(OCC)OCC)P(=O)(OCC)OCC. The predicted molar refractivity (Wildman–Crippen MR) is 104 cm³/mol. The fraction of sp³-hybridized carbons (Fsp3) is 0.875. The number of rotatable bonds is 16. The van der Waals surface area contributed by atoms with Crippen molar-refractivity contribution in [1.82, 2.24) is 0 Å². The Kier molecular flexibility index (Phi) is 13.9. The van der Waals surface area contributed by atoms with Crippen molar-refractivity contribution in [2.24, 2.45) is 0 Å². The minimum Gasteiger partial charge on any atom is -0.464 e. The van der Waals surface area contributed by atoms with Gasteiger partial charge in [0.05, 0.1) is 39.6 Å². The van der Waals surface area contributed by atoms with Crippen molar-refractivity contribution >= 4 is 27.1 Å². The van der Waals surface area contributed by atoms with Gasteiger partial charge in [0.15, 0.2) is 0 Å². The molecule has 0 amide bonds. The van der Waals surface area contributed by atoms with Crippen LogP contribution in [0.25, 0.3) is 0 Å². The molecule has 172 valence electrons. The molecular formula is C16H32O11P2. The summed E-state index contributed by atoms with van der Waals surface area (Å²) in [6, 6.07) is 0. The molecule has 29 heavy (non-hydrogen) atoms. The Morgan fingerprint density at radius 2 is 0.862 bits per heavy atom. The fourth-order valence-electron chi connectivity index (χ4n) is 2.13. The quantitative estimate of drug-likeness (QED) is 0.247. The van der Waals surface area contributed by atoms with Crippen LogP contribution in [0.2, 0.25) is 0 Å². The third-order valence-electron chi connectivity index (χ3n) is 3.04. The lowest BCUT2D eigenvalue weighted by molar-refractivity contribution is -0.162. The molecule has 0 saturated carbocycles. The molecule has 0 heterocycles. The molecular weight excluding hydrogens is 430 g/mol. The van der Waals surface area contributed by atoms with E-state index in [9.17, 15) is 18.7 Å². The number of carbonyl (C=O) groups excluding carboxylic acids is 2. The summed E-state index contributed by atoms with van der Waals surface area (Å²) in [4.78, 5) is 25.0. The van der Waals surface area contributed by atoms with Crippen molar-refractivity contribution in [2.45, 2.75) is 53.2 Å². The van der Waals surface area contributed by atoms with Gasteiger partial charge in [0, 0.05) is 0 Å². The molecule has 0 aliphatic heterocycles. The summed E-state index contributed by atoms with van der Waals surface area (Å²) in [6.07, 6.45) is 0. The van der Waals surface area contributed by atoms with Crippen molar-refractivity contribution in [3.05, 3.63) is 0 Å². The van der Waals surface area contributed by atoms with E-state index in [1.807, 2.05) is 0 Å². The van der Waals surface area contributed by atoms with Gasteiger partial charge in [-0.25, -0.2) is 9.59 Å². The first kappa shape index (κ1) is 28.2. The van der Waals surface area contributed by atoms with Gasteiger partial charge in [-0.05, 0) is 41.5 Å². The number of hydrogen-bond acceptors (Lipinski definition) is 11. The maximum absolute atomic E-state index is 13.2. The van der Waals surface area contributed by atoms with E-state index in [-0.39, 0.29) is 39.6 Å². The Hall–Kier alpha value is -0.800. The smallest absolute Gasteiger partial charge is 0.370 e. The highest BCUT2D eigenvalue weighted by Crippen LogP contribution is 2.59. The molecule has 0 aromatic carbocycles. The molecule has 0 fully saturated rings. The molecule has 0 aliphatic rings. The van der Waals surface area contributed by atoms with Crippen LogP contribution in [0.3, 0.4) is 0 Å². The van der Waals surface area contributed by atoms with Crippen molar-refractivity contribution in [2.75, 3.05) is 39.6 Å². The van der Waals surface area contributed by atoms with Crippen LogP contribution in [-0.4, -0.2) is 63.3 Å². The highest BCUT2D eigenvalue weighted by atomic mass is 31.2. The Morgan fingerprint density at radius 1 is 0.586 bits per heavy atom. The molecule has 11 nitrogen and oxygen atoms in total. The summed E-state index contributed by atoms with van der Waals surface area (Å²) in [5.74, 6) is -6.25. The molecule has 0 saturated heterocycles. The summed E-state index contributed by atoms with van der Waals surface area (Å²) < 4.78 is 62.3. The van der Waals surface area contributed by atoms with Gasteiger partial charge < -0.3 is 32.3 Å². The van der Waals surface area contributed by atoms with Crippen LogP contribution in [0.1, 0.15) is 41.5 Å². The lowest BCUT2D eigenvalue weighted by Gasteiger charge is -2.30.